The lowest BCUT2D eigenvalue weighted by molar-refractivity contribution is -0.124. The van der Waals surface area contributed by atoms with Crippen molar-refractivity contribution in [3.63, 3.8) is 0 Å². The van der Waals surface area contributed by atoms with Crippen molar-refractivity contribution in [3.05, 3.63) is 10.0 Å². The zero-order valence-electron chi connectivity index (χ0n) is 10.3. The van der Waals surface area contributed by atoms with Crippen molar-refractivity contribution in [2.75, 3.05) is 18.0 Å². The smallest absolute Gasteiger partial charge is 0.220 e. The maximum Gasteiger partial charge on any atom is 0.220 e. The number of rotatable bonds is 2. The van der Waals surface area contributed by atoms with E-state index in [0.29, 0.717) is 23.3 Å². The Balaban J connectivity index is 1.73. The van der Waals surface area contributed by atoms with Gasteiger partial charge in [0, 0.05) is 25.6 Å². The second kappa shape index (κ2) is 5.09. The van der Waals surface area contributed by atoms with Crippen LogP contribution in [0.25, 0.3) is 0 Å². The maximum absolute atomic E-state index is 11.4. The third-order valence-corrected chi connectivity index (χ3v) is 5.24. The molecule has 2 aliphatic rings. The average Bonchev–Trinajstić information content (AvgIpc) is 2.79. The first kappa shape index (κ1) is 12.9. The Morgan fingerprint density at radius 1 is 1.47 bits per heavy atom. The summed E-state index contributed by atoms with van der Waals surface area (Å²) in [6, 6.07) is 0.290. The van der Waals surface area contributed by atoms with Crippen LogP contribution in [0.5, 0.6) is 0 Å². The monoisotopic (exact) mass is 299 g/mol. The Hall–Kier alpha value is -1.14. The summed E-state index contributed by atoms with van der Waals surface area (Å²) in [4.78, 5) is 29.1. The molecule has 1 N–H and O–H groups in total. The number of nitrogens with zero attached hydrogens (tertiary/aromatic N) is 2. The Morgan fingerprint density at radius 2 is 2.32 bits per heavy atom. The molecule has 0 bridgehead atoms. The van der Waals surface area contributed by atoms with Gasteiger partial charge in [0.05, 0.1) is 0 Å². The summed E-state index contributed by atoms with van der Waals surface area (Å²) < 4.78 is 0. The molecule has 2 unspecified atom stereocenters. The number of aldehydes is 1. The standard InChI is InChI=1S/C12H14ClN3O2S/c13-11-9(6-17)19-12(15-11)16-4-3-8-7(5-16)1-2-10(18)14-8/h6-8H,1-5H2,(H,14,18). The van der Waals surface area contributed by atoms with E-state index in [-0.39, 0.29) is 11.1 Å². The summed E-state index contributed by atoms with van der Waals surface area (Å²) in [6.07, 6.45) is 3.20. The lowest BCUT2D eigenvalue weighted by Crippen LogP contribution is -2.54. The highest BCUT2D eigenvalue weighted by Crippen LogP contribution is 2.33. The number of fused-ring (bicyclic) bond motifs is 1. The molecule has 2 atom stereocenters. The largest absolute Gasteiger partial charge is 0.353 e. The first-order valence-corrected chi connectivity index (χ1v) is 7.52. The van der Waals surface area contributed by atoms with E-state index in [1.807, 2.05) is 0 Å². The Bertz CT molecular complexity index is 519. The third kappa shape index (κ3) is 2.47. The number of halogens is 1. The van der Waals surface area contributed by atoms with Crippen LogP contribution < -0.4 is 10.2 Å². The van der Waals surface area contributed by atoms with Gasteiger partial charge in [0.15, 0.2) is 16.6 Å². The lowest BCUT2D eigenvalue weighted by Gasteiger charge is -2.41. The fourth-order valence-corrected chi connectivity index (χ4v) is 3.89. The van der Waals surface area contributed by atoms with Gasteiger partial charge in [-0.2, -0.15) is 0 Å². The fraction of sp³-hybridized carbons (Fsp3) is 0.583. The van der Waals surface area contributed by atoms with E-state index < -0.39 is 0 Å². The van der Waals surface area contributed by atoms with E-state index in [1.165, 1.54) is 11.3 Å². The van der Waals surface area contributed by atoms with Crippen LogP contribution >= 0.6 is 22.9 Å². The third-order valence-electron chi connectivity index (χ3n) is 3.80. The Kier molecular flexibility index (Phi) is 3.45. The lowest BCUT2D eigenvalue weighted by atomic mass is 9.85. The van der Waals surface area contributed by atoms with Gasteiger partial charge in [-0.1, -0.05) is 22.9 Å². The number of nitrogens with one attached hydrogen (secondary N) is 1. The van der Waals surface area contributed by atoms with Gasteiger partial charge in [0.25, 0.3) is 0 Å². The molecule has 0 saturated carbocycles. The number of amides is 1. The van der Waals surface area contributed by atoms with Crippen molar-refractivity contribution in [3.8, 4) is 0 Å². The van der Waals surface area contributed by atoms with Crippen LogP contribution in [0.15, 0.2) is 0 Å². The fourth-order valence-electron chi connectivity index (χ4n) is 2.79. The second-order valence-corrected chi connectivity index (χ2v) is 6.34. The zero-order valence-corrected chi connectivity index (χ0v) is 11.8. The number of carbonyl (C=O) groups is 2. The minimum absolute atomic E-state index is 0.162. The van der Waals surface area contributed by atoms with Crippen molar-refractivity contribution >= 4 is 40.3 Å². The molecule has 0 radical (unpaired) electrons. The quantitative estimate of drug-likeness (QED) is 0.845. The van der Waals surface area contributed by atoms with Crippen molar-refractivity contribution in [1.82, 2.24) is 10.3 Å². The molecule has 19 heavy (non-hydrogen) atoms. The zero-order chi connectivity index (χ0) is 13.4. The van der Waals surface area contributed by atoms with Crippen LogP contribution in [0.2, 0.25) is 5.15 Å². The van der Waals surface area contributed by atoms with Gasteiger partial charge in [-0.05, 0) is 18.8 Å². The van der Waals surface area contributed by atoms with E-state index in [2.05, 4.69) is 15.2 Å². The van der Waals surface area contributed by atoms with Crippen molar-refractivity contribution in [2.24, 2.45) is 5.92 Å². The topological polar surface area (TPSA) is 62.3 Å². The normalized spacial score (nSPS) is 26.8. The highest BCUT2D eigenvalue weighted by atomic mass is 35.5. The molecule has 0 aromatic carbocycles. The first-order valence-electron chi connectivity index (χ1n) is 6.33. The average molecular weight is 300 g/mol. The number of hydrogen-bond donors (Lipinski definition) is 1. The van der Waals surface area contributed by atoms with Crippen LogP contribution in [0.4, 0.5) is 5.13 Å². The predicted molar refractivity (Wildman–Crippen MR) is 74.0 cm³/mol. The van der Waals surface area contributed by atoms with Crippen LogP contribution in [0, 0.1) is 5.92 Å². The number of thiazole rings is 1. The SMILES string of the molecule is O=Cc1sc(N2CCC3NC(=O)CCC3C2)nc1Cl. The molecule has 0 aliphatic carbocycles. The molecule has 2 aliphatic heterocycles. The van der Waals surface area contributed by atoms with Crippen molar-refractivity contribution in [2.45, 2.75) is 25.3 Å². The summed E-state index contributed by atoms with van der Waals surface area (Å²) in [7, 11) is 0. The number of piperidine rings is 2. The van der Waals surface area contributed by atoms with Gasteiger partial charge in [0.2, 0.25) is 5.91 Å². The summed E-state index contributed by atoms with van der Waals surface area (Å²) in [6.45, 7) is 1.71. The van der Waals surface area contributed by atoms with Crippen LogP contribution in [-0.2, 0) is 4.79 Å². The molecular weight excluding hydrogens is 286 g/mol. The minimum atomic E-state index is 0.162. The highest BCUT2D eigenvalue weighted by molar-refractivity contribution is 7.17. The van der Waals surface area contributed by atoms with E-state index in [1.54, 1.807) is 0 Å². The van der Waals surface area contributed by atoms with Crippen LogP contribution in [0.1, 0.15) is 28.9 Å². The van der Waals surface area contributed by atoms with Gasteiger partial charge in [0.1, 0.15) is 4.88 Å². The highest BCUT2D eigenvalue weighted by Gasteiger charge is 2.34. The molecule has 2 fully saturated rings. The van der Waals surface area contributed by atoms with Gasteiger partial charge in [-0.3, -0.25) is 9.59 Å². The Morgan fingerprint density at radius 3 is 3.05 bits per heavy atom. The molecule has 102 valence electrons. The summed E-state index contributed by atoms with van der Waals surface area (Å²) in [5, 5.41) is 4.15. The molecule has 3 rings (SSSR count). The molecule has 1 amide bonds. The second-order valence-electron chi connectivity index (χ2n) is 4.98. The molecule has 1 aromatic heterocycles. The summed E-state index contributed by atoms with van der Waals surface area (Å²) >= 11 is 7.24. The van der Waals surface area contributed by atoms with Gasteiger partial charge < -0.3 is 10.2 Å². The predicted octanol–water partition coefficient (Wildman–Crippen LogP) is 1.71. The maximum atomic E-state index is 11.4. The number of aromatic nitrogens is 1. The number of anilines is 1. The number of carbonyl (C=O) groups excluding carboxylic acids is 2. The molecule has 7 heteroatoms. The molecular formula is C12H14ClN3O2S. The summed E-state index contributed by atoms with van der Waals surface area (Å²) in [5.74, 6) is 0.629. The van der Waals surface area contributed by atoms with E-state index in [0.717, 1.165) is 37.3 Å². The Labute approximate surface area is 120 Å². The summed E-state index contributed by atoms with van der Waals surface area (Å²) in [5.41, 5.74) is 0. The first-order chi connectivity index (χ1) is 9.17. The van der Waals surface area contributed by atoms with Crippen molar-refractivity contribution in [1.29, 1.82) is 0 Å². The molecule has 2 saturated heterocycles. The molecule has 1 aromatic rings. The van der Waals surface area contributed by atoms with Gasteiger partial charge in [-0.15, -0.1) is 0 Å². The minimum Gasteiger partial charge on any atom is -0.353 e. The van der Waals surface area contributed by atoms with E-state index >= 15 is 0 Å². The van der Waals surface area contributed by atoms with Gasteiger partial charge >= 0.3 is 0 Å². The van der Waals surface area contributed by atoms with Crippen molar-refractivity contribution < 1.29 is 9.59 Å². The molecule has 3 heterocycles. The number of hydrogen-bond acceptors (Lipinski definition) is 5. The van der Waals surface area contributed by atoms with Crippen LogP contribution in [-0.4, -0.2) is 36.3 Å². The van der Waals surface area contributed by atoms with E-state index in [4.69, 9.17) is 11.6 Å². The van der Waals surface area contributed by atoms with Gasteiger partial charge in [-0.25, -0.2) is 4.98 Å². The van der Waals surface area contributed by atoms with Crippen LogP contribution in [0.3, 0.4) is 0 Å². The molecule has 5 nitrogen and oxygen atoms in total. The molecule has 0 spiro atoms. The van der Waals surface area contributed by atoms with E-state index in [9.17, 15) is 9.59 Å².